The normalized spacial score (nSPS) is 9.90. The largest absolute Gasteiger partial charge is 0.399 e. The molecule has 2 aromatic rings. The second-order valence-corrected chi connectivity index (χ2v) is 4.95. The minimum absolute atomic E-state index is 0.589. The van der Waals surface area contributed by atoms with Crippen molar-refractivity contribution in [2.75, 3.05) is 36.1 Å². The zero-order valence-corrected chi connectivity index (χ0v) is 12.2. The summed E-state index contributed by atoms with van der Waals surface area (Å²) in [6.07, 6.45) is 0.987. The van der Waals surface area contributed by atoms with Gasteiger partial charge in [-0.15, -0.1) is 0 Å². The molecule has 0 aliphatic carbocycles. The van der Waals surface area contributed by atoms with Crippen molar-refractivity contribution in [3.05, 3.63) is 54.1 Å². The van der Waals surface area contributed by atoms with E-state index in [2.05, 4.69) is 35.5 Å². The summed E-state index contributed by atoms with van der Waals surface area (Å²) in [6.45, 7) is 1.77. The van der Waals surface area contributed by atoms with Gasteiger partial charge in [0.2, 0.25) is 0 Å². The van der Waals surface area contributed by atoms with E-state index in [1.54, 1.807) is 12.1 Å². The van der Waals surface area contributed by atoms with E-state index in [0.717, 1.165) is 25.2 Å². The molecule has 0 aromatic heterocycles. The highest BCUT2D eigenvalue weighted by atomic mass is 15.1. The van der Waals surface area contributed by atoms with E-state index in [1.165, 1.54) is 5.69 Å². The van der Waals surface area contributed by atoms with Gasteiger partial charge < -0.3 is 16.0 Å². The van der Waals surface area contributed by atoms with Gasteiger partial charge in [0, 0.05) is 31.5 Å². The maximum absolute atomic E-state index is 9.08. The van der Waals surface area contributed by atoms with Gasteiger partial charge in [0.05, 0.1) is 11.3 Å². The van der Waals surface area contributed by atoms with Crippen molar-refractivity contribution in [2.24, 2.45) is 0 Å². The van der Waals surface area contributed by atoms with Crippen LogP contribution < -0.4 is 16.0 Å². The van der Waals surface area contributed by atoms with E-state index in [1.807, 2.05) is 24.3 Å². The van der Waals surface area contributed by atoms with E-state index >= 15 is 0 Å². The molecule has 21 heavy (non-hydrogen) atoms. The molecule has 3 N–H and O–H groups in total. The Labute approximate surface area is 125 Å². The van der Waals surface area contributed by atoms with Crippen molar-refractivity contribution in [3.63, 3.8) is 0 Å². The summed E-state index contributed by atoms with van der Waals surface area (Å²) in [7, 11) is 2.08. The maximum Gasteiger partial charge on any atom is 0.101 e. The summed E-state index contributed by atoms with van der Waals surface area (Å²) in [4.78, 5) is 2.22. The first-order chi connectivity index (χ1) is 10.2. The minimum atomic E-state index is 0.589. The topological polar surface area (TPSA) is 65.1 Å². The molecular formula is C17H20N4. The third-order valence-corrected chi connectivity index (χ3v) is 3.35. The average molecular weight is 280 g/mol. The van der Waals surface area contributed by atoms with Crippen LogP contribution in [-0.2, 0) is 0 Å². The number of hydrogen-bond donors (Lipinski definition) is 2. The number of nitrogens with zero attached hydrogens (tertiary/aromatic N) is 2. The molecule has 0 aliphatic heterocycles. The molecule has 2 rings (SSSR count). The number of benzene rings is 2. The molecule has 0 spiro atoms. The Balaban J connectivity index is 1.82. The molecular weight excluding hydrogens is 260 g/mol. The Morgan fingerprint density at radius 2 is 1.95 bits per heavy atom. The van der Waals surface area contributed by atoms with Gasteiger partial charge >= 0.3 is 0 Å². The van der Waals surface area contributed by atoms with Crippen molar-refractivity contribution in [1.29, 1.82) is 5.26 Å². The highest BCUT2D eigenvalue weighted by Gasteiger charge is 2.03. The predicted octanol–water partition coefficient (Wildman–Crippen LogP) is 3.08. The van der Waals surface area contributed by atoms with Crippen LogP contribution in [-0.4, -0.2) is 20.1 Å². The van der Waals surface area contributed by atoms with Crippen LogP contribution in [0, 0.1) is 11.3 Å². The third-order valence-electron chi connectivity index (χ3n) is 3.35. The smallest absolute Gasteiger partial charge is 0.101 e. The number of rotatable bonds is 6. The molecule has 0 saturated carbocycles. The summed E-state index contributed by atoms with van der Waals surface area (Å²) in [5.74, 6) is 0. The highest BCUT2D eigenvalue weighted by Crippen LogP contribution is 2.18. The van der Waals surface area contributed by atoms with Crippen molar-refractivity contribution in [2.45, 2.75) is 6.42 Å². The Morgan fingerprint density at radius 3 is 2.67 bits per heavy atom. The molecule has 0 amide bonds. The van der Waals surface area contributed by atoms with Crippen LogP contribution in [0.1, 0.15) is 12.0 Å². The fraction of sp³-hybridized carbons (Fsp3) is 0.235. The van der Waals surface area contributed by atoms with Crippen LogP contribution >= 0.6 is 0 Å². The van der Waals surface area contributed by atoms with Crippen LogP contribution in [0.5, 0.6) is 0 Å². The fourth-order valence-electron chi connectivity index (χ4n) is 2.16. The van der Waals surface area contributed by atoms with Gasteiger partial charge in [-0.25, -0.2) is 0 Å². The van der Waals surface area contributed by atoms with Gasteiger partial charge in [-0.2, -0.15) is 5.26 Å². The molecule has 0 radical (unpaired) electrons. The van der Waals surface area contributed by atoms with Crippen LogP contribution in [0.25, 0.3) is 0 Å². The zero-order chi connectivity index (χ0) is 15.1. The SMILES string of the molecule is CN(CCCNc1ccc(N)cc1C#N)c1ccccc1. The number of nitrogens with two attached hydrogens (primary N) is 1. The van der Waals surface area contributed by atoms with Crippen LogP contribution in [0.3, 0.4) is 0 Å². The monoisotopic (exact) mass is 280 g/mol. The van der Waals surface area contributed by atoms with Crippen LogP contribution in [0.2, 0.25) is 0 Å². The number of nitriles is 1. The minimum Gasteiger partial charge on any atom is -0.399 e. The molecule has 0 saturated heterocycles. The first kappa shape index (κ1) is 14.7. The van der Waals surface area contributed by atoms with Gasteiger partial charge in [0.1, 0.15) is 6.07 Å². The summed E-state index contributed by atoms with van der Waals surface area (Å²) in [6, 6.07) is 17.8. The molecule has 4 nitrogen and oxygen atoms in total. The number of anilines is 3. The molecule has 0 fully saturated rings. The molecule has 0 heterocycles. The van der Waals surface area contributed by atoms with E-state index in [-0.39, 0.29) is 0 Å². The molecule has 0 unspecified atom stereocenters. The highest BCUT2D eigenvalue weighted by molar-refractivity contribution is 5.62. The molecule has 0 aliphatic rings. The molecule has 4 heteroatoms. The van der Waals surface area contributed by atoms with Gasteiger partial charge in [0.15, 0.2) is 0 Å². The molecule has 0 atom stereocenters. The third kappa shape index (κ3) is 4.15. The number of nitrogen functional groups attached to an aromatic ring is 1. The maximum atomic E-state index is 9.08. The molecule has 2 aromatic carbocycles. The van der Waals surface area contributed by atoms with Crippen molar-refractivity contribution < 1.29 is 0 Å². The summed E-state index contributed by atoms with van der Waals surface area (Å²) < 4.78 is 0. The summed E-state index contributed by atoms with van der Waals surface area (Å²) in [5, 5.41) is 12.4. The lowest BCUT2D eigenvalue weighted by Gasteiger charge is -2.19. The van der Waals surface area contributed by atoms with E-state index in [0.29, 0.717) is 11.3 Å². The van der Waals surface area contributed by atoms with Gasteiger partial charge in [-0.05, 0) is 36.8 Å². The molecule has 108 valence electrons. The number of para-hydroxylation sites is 1. The van der Waals surface area contributed by atoms with Crippen molar-refractivity contribution in [3.8, 4) is 6.07 Å². The van der Waals surface area contributed by atoms with Crippen molar-refractivity contribution in [1.82, 2.24) is 0 Å². The second-order valence-electron chi connectivity index (χ2n) is 4.95. The predicted molar refractivity (Wildman–Crippen MR) is 88.4 cm³/mol. The Kier molecular flexibility index (Phi) is 5.05. The van der Waals surface area contributed by atoms with E-state index in [9.17, 15) is 0 Å². The standard InChI is InChI=1S/C17H20N4/c1-21(16-6-3-2-4-7-16)11-5-10-20-17-9-8-15(19)12-14(17)13-18/h2-4,6-9,12,20H,5,10-11,19H2,1H3. The summed E-state index contributed by atoms with van der Waals surface area (Å²) >= 11 is 0. The molecule has 0 bridgehead atoms. The average Bonchev–Trinajstić information content (AvgIpc) is 2.53. The Morgan fingerprint density at radius 1 is 1.19 bits per heavy atom. The summed E-state index contributed by atoms with van der Waals surface area (Å²) in [5.41, 5.74) is 8.93. The van der Waals surface area contributed by atoms with E-state index in [4.69, 9.17) is 11.0 Å². The first-order valence-electron chi connectivity index (χ1n) is 7.00. The van der Waals surface area contributed by atoms with Gasteiger partial charge in [0.25, 0.3) is 0 Å². The Bertz CT molecular complexity index is 616. The quantitative estimate of drug-likeness (QED) is 0.630. The van der Waals surface area contributed by atoms with Gasteiger partial charge in [-0.1, -0.05) is 18.2 Å². The van der Waals surface area contributed by atoms with Crippen LogP contribution in [0.15, 0.2) is 48.5 Å². The van der Waals surface area contributed by atoms with Crippen molar-refractivity contribution >= 4 is 17.1 Å². The van der Waals surface area contributed by atoms with Crippen LogP contribution in [0.4, 0.5) is 17.1 Å². The lowest BCUT2D eigenvalue weighted by molar-refractivity contribution is 0.816. The second kappa shape index (κ2) is 7.20. The Hall–Kier alpha value is -2.67. The van der Waals surface area contributed by atoms with Gasteiger partial charge in [-0.3, -0.25) is 0 Å². The lowest BCUT2D eigenvalue weighted by Crippen LogP contribution is -2.20. The lowest BCUT2D eigenvalue weighted by atomic mass is 10.1. The number of nitrogens with one attached hydrogen (secondary N) is 1. The fourth-order valence-corrected chi connectivity index (χ4v) is 2.16. The first-order valence-corrected chi connectivity index (χ1v) is 7.00. The van der Waals surface area contributed by atoms with E-state index < -0.39 is 0 Å². The zero-order valence-electron chi connectivity index (χ0n) is 12.2. The number of hydrogen-bond acceptors (Lipinski definition) is 4.